The van der Waals surface area contributed by atoms with Crippen LogP contribution in [-0.2, 0) is 11.3 Å². The molecule has 0 atom stereocenters. The SMILES string of the molecule is O=C(Cn1nc2c(-c3nc(-c4ccccc4)no3)cccn2c1=O)Nc1ccccc1F. The van der Waals surface area contributed by atoms with Crippen molar-refractivity contribution in [2.45, 2.75) is 6.54 Å². The Morgan fingerprint density at radius 2 is 1.81 bits per heavy atom. The minimum Gasteiger partial charge on any atom is -0.333 e. The molecular formula is C22H15FN6O3. The number of hydrogen-bond donors (Lipinski definition) is 1. The summed E-state index contributed by atoms with van der Waals surface area (Å²) in [5.41, 5.74) is 0.955. The number of para-hydroxylation sites is 1. The first-order chi connectivity index (χ1) is 15.6. The number of amides is 1. The predicted molar refractivity (Wildman–Crippen MR) is 113 cm³/mol. The summed E-state index contributed by atoms with van der Waals surface area (Å²) >= 11 is 0. The van der Waals surface area contributed by atoms with Crippen LogP contribution >= 0.6 is 0 Å². The van der Waals surface area contributed by atoms with Crippen LogP contribution in [0.1, 0.15) is 0 Å². The molecule has 0 radical (unpaired) electrons. The number of nitrogens with zero attached hydrogens (tertiary/aromatic N) is 5. The quantitative estimate of drug-likeness (QED) is 0.459. The van der Waals surface area contributed by atoms with E-state index in [-0.39, 0.29) is 17.2 Å². The van der Waals surface area contributed by atoms with Crippen LogP contribution in [0.25, 0.3) is 28.5 Å². The zero-order valence-electron chi connectivity index (χ0n) is 16.5. The lowest BCUT2D eigenvalue weighted by Crippen LogP contribution is -2.28. The summed E-state index contributed by atoms with van der Waals surface area (Å²) in [5, 5.41) is 10.7. The first kappa shape index (κ1) is 19.4. The molecule has 0 aliphatic carbocycles. The number of pyridine rings is 1. The van der Waals surface area contributed by atoms with Crippen molar-refractivity contribution < 1.29 is 13.7 Å². The van der Waals surface area contributed by atoms with Gasteiger partial charge in [0, 0.05) is 11.8 Å². The lowest BCUT2D eigenvalue weighted by molar-refractivity contribution is -0.117. The number of benzene rings is 2. The molecule has 158 valence electrons. The maximum Gasteiger partial charge on any atom is 0.350 e. The predicted octanol–water partition coefficient (Wildman–Crippen LogP) is 2.99. The second-order valence-electron chi connectivity index (χ2n) is 6.87. The Balaban J connectivity index is 1.46. The Hall–Kier alpha value is -4.60. The van der Waals surface area contributed by atoms with Gasteiger partial charge < -0.3 is 9.84 Å². The number of carbonyl (C=O) groups is 1. The van der Waals surface area contributed by atoms with Crippen LogP contribution in [-0.4, -0.2) is 30.2 Å². The molecule has 0 aliphatic rings. The Morgan fingerprint density at radius 1 is 1.03 bits per heavy atom. The molecule has 9 nitrogen and oxygen atoms in total. The minimum atomic E-state index is -0.591. The number of halogens is 1. The molecule has 0 unspecified atom stereocenters. The molecule has 10 heteroatoms. The van der Waals surface area contributed by atoms with Crippen LogP contribution in [0.15, 0.2) is 82.2 Å². The van der Waals surface area contributed by atoms with Gasteiger partial charge in [0.1, 0.15) is 12.4 Å². The van der Waals surface area contributed by atoms with Crippen LogP contribution in [0.2, 0.25) is 0 Å². The van der Waals surface area contributed by atoms with Gasteiger partial charge in [-0.2, -0.15) is 4.98 Å². The molecule has 0 bridgehead atoms. The Bertz CT molecular complexity index is 1490. The van der Waals surface area contributed by atoms with Crippen molar-refractivity contribution in [3.05, 3.63) is 89.2 Å². The van der Waals surface area contributed by atoms with Gasteiger partial charge >= 0.3 is 5.69 Å². The molecule has 0 saturated carbocycles. The Morgan fingerprint density at radius 3 is 2.62 bits per heavy atom. The lowest BCUT2D eigenvalue weighted by atomic mass is 10.2. The van der Waals surface area contributed by atoms with Crippen molar-refractivity contribution in [3.8, 4) is 22.8 Å². The maximum absolute atomic E-state index is 13.8. The first-order valence-corrected chi connectivity index (χ1v) is 9.62. The van der Waals surface area contributed by atoms with Gasteiger partial charge in [-0.05, 0) is 24.3 Å². The van der Waals surface area contributed by atoms with Crippen molar-refractivity contribution in [3.63, 3.8) is 0 Å². The van der Waals surface area contributed by atoms with E-state index in [9.17, 15) is 14.0 Å². The molecule has 0 fully saturated rings. The molecule has 0 spiro atoms. The zero-order valence-corrected chi connectivity index (χ0v) is 16.5. The molecule has 3 heterocycles. The molecule has 5 rings (SSSR count). The van der Waals surface area contributed by atoms with Gasteiger partial charge in [0.15, 0.2) is 5.65 Å². The molecule has 2 aromatic carbocycles. The summed E-state index contributed by atoms with van der Waals surface area (Å²) < 4.78 is 21.4. The van der Waals surface area contributed by atoms with Crippen LogP contribution in [0.5, 0.6) is 0 Å². The normalized spacial score (nSPS) is 11.0. The van der Waals surface area contributed by atoms with Crippen molar-refractivity contribution in [1.29, 1.82) is 0 Å². The fraction of sp³-hybridized carbons (Fsp3) is 0.0455. The van der Waals surface area contributed by atoms with E-state index in [0.29, 0.717) is 11.4 Å². The lowest BCUT2D eigenvalue weighted by Gasteiger charge is -2.05. The molecule has 5 aromatic rings. The second kappa shape index (κ2) is 7.91. The molecule has 3 aromatic heterocycles. The van der Waals surface area contributed by atoms with Crippen molar-refractivity contribution in [2.24, 2.45) is 0 Å². The highest BCUT2D eigenvalue weighted by Crippen LogP contribution is 2.24. The third-order valence-electron chi connectivity index (χ3n) is 4.74. The molecule has 1 N–H and O–H groups in total. The third kappa shape index (κ3) is 3.54. The fourth-order valence-electron chi connectivity index (χ4n) is 3.23. The van der Waals surface area contributed by atoms with E-state index in [1.165, 1.54) is 28.8 Å². The maximum atomic E-state index is 13.8. The number of carbonyl (C=O) groups excluding carboxylic acids is 1. The van der Waals surface area contributed by atoms with Gasteiger partial charge in [-0.1, -0.05) is 47.6 Å². The standard InChI is InChI=1S/C22H15FN6O3/c23-16-10-4-5-11-17(16)24-18(30)13-29-22(31)28-12-6-9-15(20(28)26-29)21-25-19(27-32-21)14-7-2-1-3-8-14/h1-12H,13H2,(H,24,30). The van der Waals surface area contributed by atoms with Crippen LogP contribution in [0.3, 0.4) is 0 Å². The molecule has 1 amide bonds. The molecule has 0 aliphatic heterocycles. The summed E-state index contributed by atoms with van der Waals surface area (Å²) in [5.74, 6) is -0.585. The van der Waals surface area contributed by atoms with Gasteiger partial charge in [0.25, 0.3) is 5.89 Å². The topological polar surface area (TPSA) is 107 Å². The summed E-state index contributed by atoms with van der Waals surface area (Å²) in [4.78, 5) is 29.5. The van der Waals surface area contributed by atoms with E-state index < -0.39 is 24.0 Å². The number of rotatable bonds is 5. The highest BCUT2D eigenvalue weighted by Gasteiger charge is 2.19. The molecular weight excluding hydrogens is 415 g/mol. The van der Waals surface area contributed by atoms with E-state index in [1.807, 2.05) is 30.3 Å². The average Bonchev–Trinajstić information content (AvgIpc) is 3.42. The smallest absolute Gasteiger partial charge is 0.333 e. The van der Waals surface area contributed by atoms with Crippen molar-refractivity contribution in [2.75, 3.05) is 5.32 Å². The van der Waals surface area contributed by atoms with E-state index in [1.54, 1.807) is 18.2 Å². The number of hydrogen-bond acceptors (Lipinski definition) is 6. The van der Waals surface area contributed by atoms with E-state index in [4.69, 9.17) is 4.52 Å². The van der Waals surface area contributed by atoms with Crippen molar-refractivity contribution in [1.82, 2.24) is 24.3 Å². The van der Waals surface area contributed by atoms with Crippen LogP contribution in [0.4, 0.5) is 10.1 Å². The summed E-state index contributed by atoms with van der Waals surface area (Å²) in [7, 11) is 0. The summed E-state index contributed by atoms with van der Waals surface area (Å²) in [6.07, 6.45) is 1.52. The Kier molecular flexibility index (Phi) is 4.79. The number of fused-ring (bicyclic) bond motifs is 1. The number of anilines is 1. The number of aromatic nitrogens is 5. The largest absolute Gasteiger partial charge is 0.350 e. The average molecular weight is 430 g/mol. The van der Waals surface area contributed by atoms with Gasteiger partial charge in [0.05, 0.1) is 11.3 Å². The van der Waals surface area contributed by atoms with Gasteiger partial charge in [-0.3, -0.25) is 4.79 Å². The Labute approximate surface area is 179 Å². The second-order valence-corrected chi connectivity index (χ2v) is 6.87. The monoisotopic (exact) mass is 430 g/mol. The zero-order chi connectivity index (χ0) is 22.1. The van der Waals surface area contributed by atoms with Gasteiger partial charge in [-0.25, -0.2) is 18.3 Å². The minimum absolute atomic E-state index is 0.0225. The fourth-order valence-corrected chi connectivity index (χ4v) is 3.23. The van der Waals surface area contributed by atoms with Gasteiger partial charge in [0.2, 0.25) is 11.7 Å². The summed E-state index contributed by atoms with van der Waals surface area (Å²) in [6.45, 7) is -0.395. The van der Waals surface area contributed by atoms with Crippen molar-refractivity contribution >= 4 is 17.2 Å². The van der Waals surface area contributed by atoms with E-state index in [0.717, 1.165) is 10.2 Å². The van der Waals surface area contributed by atoms with E-state index >= 15 is 0 Å². The summed E-state index contributed by atoms with van der Waals surface area (Å²) in [6, 6.07) is 18.4. The highest BCUT2D eigenvalue weighted by molar-refractivity contribution is 5.90. The van der Waals surface area contributed by atoms with E-state index in [2.05, 4.69) is 20.6 Å². The third-order valence-corrected chi connectivity index (χ3v) is 4.74. The first-order valence-electron chi connectivity index (χ1n) is 9.62. The van der Waals surface area contributed by atoms with Crippen LogP contribution in [0, 0.1) is 5.82 Å². The van der Waals surface area contributed by atoms with Gasteiger partial charge in [-0.15, -0.1) is 5.10 Å². The molecule has 0 saturated heterocycles. The number of nitrogens with one attached hydrogen (secondary N) is 1. The molecule has 32 heavy (non-hydrogen) atoms. The van der Waals surface area contributed by atoms with Crippen LogP contribution < -0.4 is 11.0 Å². The highest BCUT2D eigenvalue weighted by atomic mass is 19.1.